The van der Waals surface area contributed by atoms with Gasteiger partial charge in [0.15, 0.2) is 5.41 Å². The fourth-order valence-corrected chi connectivity index (χ4v) is 6.08. The molecule has 0 radical (unpaired) electrons. The number of nitrogens with zero attached hydrogens (tertiary/aromatic N) is 3. The second kappa shape index (κ2) is 8.24. The lowest BCUT2D eigenvalue weighted by Gasteiger charge is -2.55. The molecule has 0 unspecified atom stereocenters. The molecule has 1 atom stereocenters. The molecule has 7 heteroatoms. The van der Waals surface area contributed by atoms with E-state index in [2.05, 4.69) is 4.90 Å². The fraction of sp³-hybridized carbons (Fsp3) is 0.250. The zero-order valence-corrected chi connectivity index (χ0v) is 19.8. The summed E-state index contributed by atoms with van der Waals surface area (Å²) in [4.78, 5) is 47.2. The largest absolute Gasteiger partial charge is 0.367 e. The highest BCUT2D eigenvalue weighted by Gasteiger charge is 2.65. The molecule has 6 rings (SSSR count). The first kappa shape index (κ1) is 21.9. The Balaban J connectivity index is 1.59. The van der Waals surface area contributed by atoms with Gasteiger partial charge in [0.05, 0.1) is 17.4 Å². The third-order valence-corrected chi connectivity index (χ3v) is 7.71. The number of benzene rings is 3. The van der Waals surface area contributed by atoms with Gasteiger partial charge in [0.2, 0.25) is 0 Å². The van der Waals surface area contributed by atoms with Crippen LogP contribution in [0.15, 0.2) is 78.9 Å². The summed E-state index contributed by atoms with van der Waals surface area (Å²) < 4.78 is 0. The molecule has 0 bridgehead atoms. The Hall–Kier alpha value is -3.64. The topological polar surface area (TPSA) is 60.9 Å². The number of urea groups is 1. The van der Waals surface area contributed by atoms with Gasteiger partial charge in [-0.25, -0.2) is 14.6 Å². The summed E-state index contributed by atoms with van der Waals surface area (Å²) in [6.07, 6.45) is 2.77. The quantitative estimate of drug-likeness (QED) is 0.453. The molecule has 0 aliphatic carbocycles. The zero-order chi connectivity index (χ0) is 24.2. The van der Waals surface area contributed by atoms with Crippen molar-refractivity contribution in [3.05, 3.63) is 89.4 Å². The van der Waals surface area contributed by atoms with Crippen LogP contribution in [0.1, 0.15) is 24.8 Å². The maximum atomic E-state index is 14.4. The van der Waals surface area contributed by atoms with E-state index in [0.29, 0.717) is 22.8 Å². The first-order valence-electron chi connectivity index (χ1n) is 11.9. The van der Waals surface area contributed by atoms with Crippen molar-refractivity contribution in [1.29, 1.82) is 0 Å². The number of hydrogen-bond acceptors (Lipinski definition) is 4. The Morgan fingerprint density at radius 2 is 1.37 bits per heavy atom. The molecule has 6 nitrogen and oxygen atoms in total. The fourth-order valence-electron chi connectivity index (χ4n) is 5.91. The van der Waals surface area contributed by atoms with Crippen LogP contribution in [0.5, 0.6) is 0 Å². The monoisotopic (exact) mass is 485 g/mol. The van der Waals surface area contributed by atoms with E-state index in [1.54, 1.807) is 54.6 Å². The van der Waals surface area contributed by atoms with Crippen molar-refractivity contribution in [2.75, 3.05) is 21.2 Å². The van der Waals surface area contributed by atoms with E-state index in [0.717, 1.165) is 30.6 Å². The van der Waals surface area contributed by atoms with E-state index < -0.39 is 23.3 Å². The molecule has 35 heavy (non-hydrogen) atoms. The van der Waals surface area contributed by atoms with Crippen LogP contribution in [0.25, 0.3) is 0 Å². The number of anilines is 3. The predicted molar refractivity (Wildman–Crippen MR) is 136 cm³/mol. The molecule has 3 heterocycles. The van der Waals surface area contributed by atoms with Crippen LogP contribution in [0.4, 0.5) is 21.9 Å². The molecule has 0 aromatic heterocycles. The molecule has 176 valence electrons. The molecule has 2 saturated heterocycles. The van der Waals surface area contributed by atoms with Crippen LogP contribution < -0.4 is 14.7 Å². The summed E-state index contributed by atoms with van der Waals surface area (Å²) in [7, 11) is 0. The van der Waals surface area contributed by atoms with E-state index in [1.807, 2.05) is 24.3 Å². The summed E-state index contributed by atoms with van der Waals surface area (Å²) in [6.45, 7) is 0.727. The van der Waals surface area contributed by atoms with Crippen molar-refractivity contribution in [2.24, 2.45) is 5.41 Å². The van der Waals surface area contributed by atoms with Crippen molar-refractivity contribution in [3.8, 4) is 0 Å². The number of imide groups is 2. The summed E-state index contributed by atoms with van der Waals surface area (Å²) in [5.41, 5.74) is 1.35. The van der Waals surface area contributed by atoms with E-state index in [9.17, 15) is 14.4 Å². The first-order valence-corrected chi connectivity index (χ1v) is 12.3. The van der Waals surface area contributed by atoms with Gasteiger partial charge in [-0.1, -0.05) is 54.1 Å². The Bertz CT molecular complexity index is 1270. The first-order chi connectivity index (χ1) is 17.0. The van der Waals surface area contributed by atoms with Gasteiger partial charge in [-0.15, -0.1) is 0 Å². The van der Waals surface area contributed by atoms with Crippen molar-refractivity contribution in [1.82, 2.24) is 0 Å². The molecule has 3 aliphatic rings. The Kier molecular flexibility index (Phi) is 5.15. The van der Waals surface area contributed by atoms with Crippen LogP contribution in [0, 0.1) is 5.41 Å². The van der Waals surface area contributed by atoms with Crippen molar-refractivity contribution >= 4 is 46.5 Å². The number of amides is 4. The molecule has 3 aromatic carbocycles. The normalized spacial score (nSPS) is 21.2. The number of rotatable bonds is 2. The molecular formula is C28H24ClN3O3. The number of para-hydroxylation sites is 2. The lowest BCUT2D eigenvalue weighted by Crippen LogP contribution is -2.73. The molecular weight excluding hydrogens is 462 g/mol. The van der Waals surface area contributed by atoms with E-state index in [4.69, 9.17) is 11.6 Å². The Morgan fingerprint density at radius 1 is 0.771 bits per heavy atom. The Morgan fingerprint density at radius 3 is 1.97 bits per heavy atom. The minimum atomic E-state index is -1.43. The van der Waals surface area contributed by atoms with E-state index in [-0.39, 0.29) is 12.5 Å². The van der Waals surface area contributed by atoms with E-state index >= 15 is 0 Å². The molecule has 3 aromatic rings. The molecule has 1 spiro atoms. The SMILES string of the molecule is O=C1N(c2ccccc2)C(=O)C2(Cc3ccc(Cl)cc3N3CCCC[C@H]32)C(=O)N1c1ccccc1. The smallest absolute Gasteiger partial charge is 0.342 e. The van der Waals surface area contributed by atoms with Crippen LogP contribution in [0.2, 0.25) is 5.02 Å². The summed E-state index contributed by atoms with van der Waals surface area (Å²) >= 11 is 6.35. The van der Waals surface area contributed by atoms with E-state index in [1.165, 1.54) is 9.80 Å². The van der Waals surface area contributed by atoms with Gasteiger partial charge in [-0.05, 0) is 67.6 Å². The minimum Gasteiger partial charge on any atom is -0.367 e. The van der Waals surface area contributed by atoms with Gasteiger partial charge < -0.3 is 4.90 Å². The van der Waals surface area contributed by atoms with Gasteiger partial charge in [0.25, 0.3) is 11.8 Å². The maximum Gasteiger partial charge on any atom is 0.342 e. The molecule has 2 fully saturated rings. The number of barbiturate groups is 1. The molecule has 0 saturated carbocycles. The summed E-state index contributed by atoms with van der Waals surface area (Å²) in [5.74, 6) is -0.910. The van der Waals surface area contributed by atoms with Crippen molar-refractivity contribution in [2.45, 2.75) is 31.7 Å². The average Bonchev–Trinajstić information content (AvgIpc) is 2.89. The lowest BCUT2D eigenvalue weighted by molar-refractivity contribution is -0.143. The Labute approximate surface area is 208 Å². The third kappa shape index (κ3) is 3.20. The standard InChI is InChI=1S/C28H24ClN3O3/c29-20-15-14-19-18-28(24-13-7-8-16-30(24)23(19)17-20)25(33)31(21-9-3-1-4-10-21)27(35)32(26(28)34)22-11-5-2-6-12-22/h1-6,9-12,14-15,17,24H,7-8,13,16,18H2/t24-/m0/s1. The van der Waals surface area contributed by atoms with Crippen LogP contribution in [-0.4, -0.2) is 30.4 Å². The number of hydrogen-bond donors (Lipinski definition) is 0. The molecule has 3 aliphatic heterocycles. The number of carbonyl (C=O) groups excluding carboxylic acids is 3. The predicted octanol–water partition coefficient (Wildman–Crippen LogP) is 5.44. The number of halogens is 1. The number of piperidine rings is 1. The number of fused-ring (bicyclic) bond motifs is 4. The van der Waals surface area contributed by atoms with Gasteiger partial charge in [0, 0.05) is 17.3 Å². The lowest BCUT2D eigenvalue weighted by atomic mass is 9.65. The van der Waals surface area contributed by atoms with Crippen LogP contribution >= 0.6 is 11.6 Å². The highest BCUT2D eigenvalue weighted by molar-refractivity contribution is 6.39. The molecule has 0 N–H and O–H groups in total. The molecule has 4 amide bonds. The highest BCUT2D eigenvalue weighted by atomic mass is 35.5. The van der Waals surface area contributed by atoms with Crippen molar-refractivity contribution < 1.29 is 14.4 Å². The summed E-state index contributed by atoms with van der Waals surface area (Å²) in [5, 5.41) is 0.623. The zero-order valence-electron chi connectivity index (χ0n) is 19.1. The number of carbonyl (C=O) groups is 3. The average molecular weight is 486 g/mol. The van der Waals surface area contributed by atoms with Gasteiger partial charge in [-0.3, -0.25) is 9.59 Å². The highest BCUT2D eigenvalue weighted by Crippen LogP contribution is 2.50. The second-order valence-corrected chi connectivity index (χ2v) is 9.80. The van der Waals surface area contributed by atoms with Crippen LogP contribution in [0.3, 0.4) is 0 Å². The van der Waals surface area contributed by atoms with Crippen molar-refractivity contribution in [3.63, 3.8) is 0 Å². The van der Waals surface area contributed by atoms with Gasteiger partial charge in [-0.2, -0.15) is 0 Å². The maximum absolute atomic E-state index is 14.4. The summed E-state index contributed by atoms with van der Waals surface area (Å²) in [6, 6.07) is 22.4. The van der Waals surface area contributed by atoms with Crippen LogP contribution in [-0.2, 0) is 16.0 Å². The second-order valence-electron chi connectivity index (χ2n) is 9.36. The van der Waals surface area contributed by atoms with Gasteiger partial charge >= 0.3 is 6.03 Å². The third-order valence-electron chi connectivity index (χ3n) is 7.48. The van der Waals surface area contributed by atoms with Gasteiger partial charge in [0.1, 0.15) is 0 Å². The minimum absolute atomic E-state index is 0.221.